The van der Waals surface area contributed by atoms with Gasteiger partial charge >= 0.3 is 0 Å². The van der Waals surface area contributed by atoms with E-state index in [1.807, 2.05) is 44.4 Å². The van der Waals surface area contributed by atoms with Crippen LogP contribution in [-0.2, 0) is 0 Å². The van der Waals surface area contributed by atoms with Crippen LogP contribution in [0.3, 0.4) is 0 Å². The third kappa shape index (κ3) is 4.85. The molecule has 0 aliphatic carbocycles. The smallest absolute Gasteiger partial charge is 0.217 e. The third-order valence-electron chi connectivity index (χ3n) is 5.42. The van der Waals surface area contributed by atoms with E-state index in [9.17, 15) is 0 Å². The maximum atomic E-state index is 5.89. The Balaban J connectivity index is 1.76. The van der Waals surface area contributed by atoms with Crippen molar-refractivity contribution in [3.05, 3.63) is 94.2 Å². The molecule has 0 aliphatic rings. The van der Waals surface area contributed by atoms with Crippen molar-refractivity contribution in [3.63, 3.8) is 0 Å². The van der Waals surface area contributed by atoms with Gasteiger partial charge in [0.2, 0.25) is 5.88 Å². The molecule has 0 aliphatic heterocycles. The van der Waals surface area contributed by atoms with E-state index in [0.717, 1.165) is 34.3 Å². The minimum atomic E-state index is 0.0186. The lowest BCUT2D eigenvalue weighted by Crippen LogP contribution is -2.19. The van der Waals surface area contributed by atoms with Crippen molar-refractivity contribution in [2.45, 2.75) is 5.92 Å². The predicted molar refractivity (Wildman–Crippen MR) is 134 cm³/mol. The molecular weight excluding hydrogens is 416 g/mol. The fourth-order valence-electron chi connectivity index (χ4n) is 3.75. The molecule has 1 unspecified atom stereocenters. The Labute approximate surface area is 193 Å². The largest absolute Gasteiger partial charge is 0.492 e. The summed E-state index contributed by atoms with van der Waals surface area (Å²) in [6.45, 7) is 5.44. The molecule has 4 rings (SSSR count). The van der Waals surface area contributed by atoms with Gasteiger partial charge in [-0.25, -0.2) is 4.98 Å². The number of ether oxygens (including phenoxy) is 2. The maximum Gasteiger partial charge on any atom is 0.217 e. The Morgan fingerprint density at radius 2 is 1.91 bits per heavy atom. The van der Waals surface area contributed by atoms with Gasteiger partial charge in [-0.2, -0.15) is 0 Å². The van der Waals surface area contributed by atoms with Crippen LogP contribution in [0.1, 0.15) is 27.5 Å². The third-order valence-corrected chi connectivity index (χ3v) is 6.36. The monoisotopic (exact) mass is 444 g/mol. The summed E-state index contributed by atoms with van der Waals surface area (Å²) in [5, 5.41) is 3.18. The number of methoxy groups -OCH3 is 1. The van der Waals surface area contributed by atoms with Gasteiger partial charge < -0.3 is 14.4 Å². The highest BCUT2D eigenvalue weighted by molar-refractivity contribution is 7.10. The number of nitrogens with zero attached hydrogens (tertiary/aromatic N) is 2. The van der Waals surface area contributed by atoms with Gasteiger partial charge in [-0.3, -0.25) is 0 Å². The maximum absolute atomic E-state index is 5.89. The summed E-state index contributed by atoms with van der Waals surface area (Å²) in [6.07, 6.45) is 1.86. The fourth-order valence-corrected chi connectivity index (χ4v) is 4.62. The minimum absolute atomic E-state index is 0.0186. The van der Waals surface area contributed by atoms with E-state index in [1.54, 1.807) is 18.4 Å². The van der Waals surface area contributed by atoms with Crippen LogP contribution in [-0.4, -0.2) is 44.2 Å². The van der Waals surface area contributed by atoms with Crippen LogP contribution < -0.4 is 9.47 Å². The molecule has 2 aromatic carbocycles. The number of pyridine rings is 1. The lowest BCUT2D eigenvalue weighted by molar-refractivity contribution is 0.261. The Kier molecular flexibility index (Phi) is 6.88. The topological polar surface area (TPSA) is 34.6 Å². The van der Waals surface area contributed by atoms with Crippen molar-refractivity contribution in [2.75, 3.05) is 34.4 Å². The van der Waals surface area contributed by atoms with Crippen molar-refractivity contribution >= 4 is 28.3 Å². The van der Waals surface area contributed by atoms with Crippen LogP contribution >= 0.6 is 11.3 Å². The van der Waals surface area contributed by atoms with E-state index < -0.39 is 0 Å². The molecule has 0 spiro atoms. The highest BCUT2D eigenvalue weighted by Gasteiger charge is 2.23. The van der Waals surface area contributed by atoms with Gasteiger partial charge in [0.25, 0.3) is 0 Å². The minimum Gasteiger partial charge on any atom is -0.492 e. The van der Waals surface area contributed by atoms with Gasteiger partial charge in [0.15, 0.2) is 0 Å². The predicted octanol–water partition coefficient (Wildman–Crippen LogP) is 6.07. The summed E-state index contributed by atoms with van der Waals surface area (Å²) in [4.78, 5) is 8.17. The highest BCUT2D eigenvalue weighted by Crippen LogP contribution is 2.40. The van der Waals surface area contributed by atoms with Crippen molar-refractivity contribution in [1.29, 1.82) is 0 Å². The van der Waals surface area contributed by atoms with Crippen LogP contribution in [0.5, 0.6) is 11.6 Å². The molecule has 4 nitrogen and oxygen atoms in total. The van der Waals surface area contributed by atoms with E-state index in [-0.39, 0.29) is 5.92 Å². The first-order chi connectivity index (χ1) is 15.6. The number of fused-ring (bicyclic) bond motifs is 1. The SMILES string of the molecule is C=Cc1ccc2nc(OC)c(C(c3ccc(OCCN(C)C)cc3)c3cccs3)cc2c1. The van der Waals surface area contributed by atoms with Crippen LogP contribution in [0, 0.1) is 0 Å². The molecule has 0 radical (unpaired) electrons. The quantitative estimate of drug-likeness (QED) is 0.314. The zero-order valence-electron chi connectivity index (χ0n) is 18.7. The summed E-state index contributed by atoms with van der Waals surface area (Å²) in [6, 6.07) is 21.0. The zero-order chi connectivity index (χ0) is 22.5. The number of thiophene rings is 1. The lowest BCUT2D eigenvalue weighted by atomic mass is 9.89. The number of hydrogen-bond acceptors (Lipinski definition) is 5. The molecule has 1 atom stereocenters. The van der Waals surface area contributed by atoms with Gasteiger partial charge in [-0.15, -0.1) is 11.3 Å². The molecular formula is C27H28N2O2S. The number of likely N-dealkylation sites (N-methyl/N-ethyl adjacent to an activating group) is 1. The fraction of sp³-hybridized carbons (Fsp3) is 0.222. The molecule has 0 bridgehead atoms. The van der Waals surface area contributed by atoms with E-state index in [4.69, 9.17) is 14.5 Å². The molecule has 2 heterocycles. The lowest BCUT2D eigenvalue weighted by Gasteiger charge is -2.20. The Hall–Kier alpha value is -3.15. The first kappa shape index (κ1) is 22.1. The van der Waals surface area contributed by atoms with Crippen molar-refractivity contribution < 1.29 is 9.47 Å². The summed E-state index contributed by atoms with van der Waals surface area (Å²) in [5.41, 5.74) is 4.20. The van der Waals surface area contributed by atoms with Crippen molar-refractivity contribution in [2.24, 2.45) is 0 Å². The summed E-state index contributed by atoms with van der Waals surface area (Å²) < 4.78 is 11.6. The van der Waals surface area contributed by atoms with Gasteiger partial charge in [0.1, 0.15) is 12.4 Å². The highest BCUT2D eigenvalue weighted by atomic mass is 32.1. The second kappa shape index (κ2) is 9.98. The van der Waals surface area contributed by atoms with Gasteiger partial charge in [0.05, 0.1) is 12.6 Å². The van der Waals surface area contributed by atoms with Crippen LogP contribution in [0.15, 0.2) is 72.6 Å². The van der Waals surface area contributed by atoms with Gasteiger partial charge in [-0.05, 0) is 67.0 Å². The summed E-state index contributed by atoms with van der Waals surface area (Å²) in [5.74, 6) is 1.54. The molecule has 0 fully saturated rings. The van der Waals surface area contributed by atoms with Gasteiger partial charge in [0, 0.05) is 28.3 Å². The first-order valence-corrected chi connectivity index (χ1v) is 11.5. The van der Waals surface area contributed by atoms with Crippen LogP contribution in [0.25, 0.3) is 17.0 Å². The molecule has 32 heavy (non-hydrogen) atoms. The van der Waals surface area contributed by atoms with Crippen LogP contribution in [0.2, 0.25) is 0 Å². The van der Waals surface area contributed by atoms with E-state index in [1.165, 1.54) is 10.4 Å². The van der Waals surface area contributed by atoms with E-state index in [0.29, 0.717) is 12.5 Å². The first-order valence-electron chi connectivity index (χ1n) is 10.6. The molecule has 0 saturated carbocycles. The normalized spacial score (nSPS) is 12.1. The number of aromatic nitrogens is 1. The molecule has 164 valence electrons. The Bertz CT molecular complexity index is 1180. The molecule has 0 saturated heterocycles. The number of benzene rings is 2. The average Bonchev–Trinajstić information content (AvgIpc) is 3.33. The van der Waals surface area contributed by atoms with Crippen LogP contribution in [0.4, 0.5) is 0 Å². The molecule has 0 amide bonds. The van der Waals surface area contributed by atoms with E-state index in [2.05, 4.69) is 53.3 Å². The molecule has 4 aromatic rings. The van der Waals surface area contributed by atoms with Crippen molar-refractivity contribution in [3.8, 4) is 11.6 Å². The molecule has 0 N–H and O–H groups in total. The van der Waals surface area contributed by atoms with Crippen molar-refractivity contribution in [1.82, 2.24) is 9.88 Å². The Morgan fingerprint density at radius 1 is 1.09 bits per heavy atom. The standard InChI is InChI=1S/C27H28N2O2S/c1-5-19-8-13-24-21(17-19)18-23(27(28-24)30-4)26(25-7-6-16-32-25)20-9-11-22(12-10-20)31-15-14-29(2)3/h5-13,16-18,26H,1,14-15H2,2-4H3. The average molecular weight is 445 g/mol. The second-order valence-electron chi connectivity index (χ2n) is 7.91. The number of rotatable bonds is 9. The Morgan fingerprint density at radius 3 is 2.56 bits per heavy atom. The number of hydrogen-bond donors (Lipinski definition) is 0. The summed E-state index contributed by atoms with van der Waals surface area (Å²) in [7, 11) is 5.77. The molecule has 2 aromatic heterocycles. The molecule has 5 heteroatoms. The summed E-state index contributed by atoms with van der Waals surface area (Å²) >= 11 is 1.74. The second-order valence-corrected chi connectivity index (χ2v) is 8.89. The van der Waals surface area contributed by atoms with Gasteiger partial charge in [-0.1, -0.05) is 36.9 Å². The zero-order valence-corrected chi connectivity index (χ0v) is 19.6. The van der Waals surface area contributed by atoms with E-state index >= 15 is 0 Å².